The van der Waals surface area contributed by atoms with E-state index in [0.717, 1.165) is 69.6 Å². The number of aryl methyl sites for hydroxylation is 3. The molecule has 276 valence electrons. The van der Waals surface area contributed by atoms with Crippen LogP contribution in [-0.4, -0.2) is 52.7 Å². The number of nitrogens with one attached hydrogen (secondary N) is 4. The van der Waals surface area contributed by atoms with E-state index >= 15 is 0 Å². The molecule has 10 nitrogen and oxygen atoms in total. The number of rotatable bonds is 11. The maximum atomic E-state index is 12.8. The summed E-state index contributed by atoms with van der Waals surface area (Å²) in [6.07, 6.45) is 1.57. The lowest BCUT2D eigenvalue weighted by Crippen LogP contribution is -2.23. The molecule has 0 radical (unpaired) electrons. The summed E-state index contributed by atoms with van der Waals surface area (Å²) in [7, 11) is 1.94. The Morgan fingerprint density at radius 2 is 1.27 bits per heavy atom. The van der Waals surface area contributed by atoms with Crippen LogP contribution in [0.4, 0.5) is 0 Å². The van der Waals surface area contributed by atoms with E-state index in [1.165, 1.54) is 5.56 Å². The number of nitrogens with zero attached hydrogens (tertiary/aromatic N) is 4. The van der Waals surface area contributed by atoms with Crippen molar-refractivity contribution < 1.29 is 9.59 Å². The highest BCUT2D eigenvalue weighted by atomic mass is 16.2. The molecular formula is C45H45N8O2+. The fourth-order valence-corrected chi connectivity index (χ4v) is 6.36. The Hall–Kier alpha value is -6.64. The van der Waals surface area contributed by atoms with Gasteiger partial charge < -0.3 is 25.1 Å². The topological polar surface area (TPSA) is 109 Å². The lowest BCUT2D eigenvalue weighted by Gasteiger charge is -2.04. The quantitative estimate of drug-likeness (QED) is 0.0960. The number of hydrogen-bond acceptors (Lipinski definition) is 5. The van der Waals surface area contributed by atoms with Crippen LogP contribution in [0.3, 0.4) is 0 Å². The third-order valence-electron chi connectivity index (χ3n) is 9.10. The van der Waals surface area contributed by atoms with Crippen LogP contribution in [0.2, 0.25) is 0 Å². The number of aromatic nitrogens is 3. The van der Waals surface area contributed by atoms with Crippen LogP contribution in [0.5, 0.6) is 0 Å². The maximum Gasteiger partial charge on any atom is 0.318 e. The molecule has 0 aliphatic carbocycles. The van der Waals surface area contributed by atoms with Crippen molar-refractivity contribution in [2.75, 3.05) is 26.8 Å². The Labute approximate surface area is 322 Å². The smallest absolute Gasteiger partial charge is 0.318 e. The van der Waals surface area contributed by atoms with Crippen LogP contribution < -0.4 is 21.3 Å². The number of carbonyl (C=O) groups excluding carboxylic acids is 2. The van der Waals surface area contributed by atoms with Gasteiger partial charge in [-0.15, -0.1) is 0 Å². The van der Waals surface area contributed by atoms with Crippen LogP contribution in [0.25, 0.3) is 26.7 Å². The molecular weight excluding hydrogens is 685 g/mol. The van der Waals surface area contributed by atoms with E-state index in [9.17, 15) is 9.59 Å². The normalized spacial score (nSPS) is 10.5. The van der Waals surface area contributed by atoms with Crippen molar-refractivity contribution in [2.24, 2.45) is 0 Å². The number of amides is 2. The van der Waals surface area contributed by atoms with Gasteiger partial charge in [0.2, 0.25) is 0 Å². The van der Waals surface area contributed by atoms with E-state index in [0.29, 0.717) is 24.3 Å². The Morgan fingerprint density at radius 3 is 1.82 bits per heavy atom. The summed E-state index contributed by atoms with van der Waals surface area (Å²) in [5, 5.41) is 14.5. The molecule has 0 bridgehead atoms. The zero-order valence-corrected chi connectivity index (χ0v) is 31.7. The van der Waals surface area contributed by atoms with Gasteiger partial charge in [0.25, 0.3) is 11.8 Å². The van der Waals surface area contributed by atoms with Gasteiger partial charge in [0.05, 0.1) is 30.0 Å². The minimum atomic E-state index is -0.194. The summed E-state index contributed by atoms with van der Waals surface area (Å²) in [6.45, 7) is 10.0. The van der Waals surface area contributed by atoms with E-state index in [-0.39, 0.29) is 24.9 Å². The summed E-state index contributed by atoms with van der Waals surface area (Å²) in [5.74, 6) is 12.3. The van der Waals surface area contributed by atoms with Crippen molar-refractivity contribution in [1.82, 2.24) is 35.4 Å². The van der Waals surface area contributed by atoms with Gasteiger partial charge in [-0.2, -0.15) is 0 Å². The minimum absolute atomic E-state index is 0.182. The van der Waals surface area contributed by atoms with Crippen LogP contribution in [-0.2, 0) is 26.2 Å². The predicted octanol–water partition coefficient (Wildman–Crippen LogP) is 6.05. The molecule has 0 spiro atoms. The number of fused-ring (bicyclic) bond motifs is 2. The van der Waals surface area contributed by atoms with Gasteiger partial charge in [-0.1, -0.05) is 28.8 Å². The Bertz CT molecular complexity index is 2510. The zero-order valence-electron chi connectivity index (χ0n) is 31.7. The molecule has 6 aromatic rings. The van der Waals surface area contributed by atoms with Gasteiger partial charge in [-0.05, 0) is 124 Å². The van der Waals surface area contributed by atoms with Gasteiger partial charge in [0.1, 0.15) is 5.56 Å². The molecule has 55 heavy (non-hydrogen) atoms. The van der Waals surface area contributed by atoms with E-state index in [4.69, 9.17) is 0 Å². The molecule has 3 aromatic heterocycles. The molecule has 0 saturated carbocycles. The van der Waals surface area contributed by atoms with Crippen LogP contribution in [0, 0.1) is 36.7 Å². The third kappa shape index (κ3) is 9.67. The first-order valence-electron chi connectivity index (χ1n) is 18.5. The highest BCUT2D eigenvalue weighted by Gasteiger charge is 2.10. The first-order valence-corrected chi connectivity index (χ1v) is 18.5. The second-order valence-corrected chi connectivity index (χ2v) is 13.0. The van der Waals surface area contributed by atoms with Crippen molar-refractivity contribution in [3.05, 3.63) is 141 Å². The molecule has 6 rings (SSSR count). The van der Waals surface area contributed by atoms with E-state index in [1.807, 2.05) is 32.2 Å². The third-order valence-corrected chi connectivity index (χ3v) is 9.10. The highest BCUT2D eigenvalue weighted by Crippen LogP contribution is 2.22. The lowest BCUT2D eigenvalue weighted by molar-refractivity contribution is 0.0950. The van der Waals surface area contributed by atoms with Crippen molar-refractivity contribution in [3.8, 4) is 29.8 Å². The molecule has 10 heteroatoms. The molecule has 3 heterocycles. The molecule has 2 amide bonds. The van der Waals surface area contributed by atoms with Gasteiger partial charge in [0.15, 0.2) is 0 Å². The van der Waals surface area contributed by atoms with E-state index in [2.05, 4.69) is 132 Å². The summed E-state index contributed by atoms with van der Waals surface area (Å²) in [4.78, 5) is 33.7. The van der Waals surface area contributed by atoms with Gasteiger partial charge >= 0.3 is 12.7 Å². The summed E-state index contributed by atoms with van der Waals surface area (Å²) in [6, 6.07) is 30.8. The second-order valence-electron chi connectivity index (χ2n) is 13.0. The summed E-state index contributed by atoms with van der Waals surface area (Å²) >= 11 is 0. The molecule has 0 saturated heterocycles. The van der Waals surface area contributed by atoms with E-state index < -0.39 is 0 Å². The molecule has 0 aliphatic heterocycles. The van der Waals surface area contributed by atoms with Gasteiger partial charge in [0, 0.05) is 65.4 Å². The number of pyridine rings is 1. The largest absolute Gasteiger partial charge is 0.341 e. The first-order chi connectivity index (χ1) is 26.9. The highest BCUT2D eigenvalue weighted by molar-refractivity contribution is 5.95. The minimum Gasteiger partial charge on any atom is -0.341 e. The average Bonchev–Trinajstić information content (AvgIpc) is 3.74. The van der Waals surface area contributed by atoms with Gasteiger partial charge in [-0.3, -0.25) is 14.6 Å². The van der Waals surface area contributed by atoms with Crippen LogP contribution in [0.15, 0.2) is 91.1 Å². The van der Waals surface area contributed by atoms with Crippen molar-refractivity contribution in [1.29, 1.82) is 0 Å². The molecule has 4 N–H and O–H groups in total. The molecule has 0 atom stereocenters. The fourth-order valence-electron chi connectivity index (χ4n) is 6.36. The second kappa shape index (κ2) is 18.4. The number of benzene rings is 3. The summed E-state index contributed by atoms with van der Waals surface area (Å²) < 4.78 is 4.36. The van der Waals surface area contributed by atoms with Crippen molar-refractivity contribution in [2.45, 2.75) is 47.0 Å². The molecule has 3 aromatic carbocycles. The Morgan fingerprint density at radius 1 is 0.709 bits per heavy atom. The SMILES string of the molecule is CCn1c(C#CCNC(=O)c2ccc(C#[N+]CNCc3ccc4c(c3)cc(C#CCNC(=O)c3ccc(C)nc3)n4CC)cc2)cc2cc(CNC)ccc21. The fraction of sp³-hybridized carbons (Fsp3) is 0.244. The molecule has 0 unspecified atom stereocenters. The first kappa shape index (κ1) is 38.1. The van der Waals surface area contributed by atoms with Crippen molar-refractivity contribution in [3.63, 3.8) is 0 Å². The molecule has 0 aliphatic rings. The maximum absolute atomic E-state index is 12.8. The Balaban J connectivity index is 0.963. The number of hydrogen-bond donors (Lipinski definition) is 4. The lowest BCUT2D eigenvalue weighted by atomic mass is 10.1. The predicted molar refractivity (Wildman–Crippen MR) is 220 cm³/mol. The molecule has 0 fully saturated rings. The zero-order chi connectivity index (χ0) is 38.6. The summed E-state index contributed by atoms with van der Waals surface area (Å²) in [5.41, 5.74) is 9.16. The van der Waals surface area contributed by atoms with Crippen LogP contribution in [0.1, 0.15) is 68.3 Å². The standard InChI is InChI=1S/C45H44N8O2/c1-5-52-40(25-38-23-34(27-46-4)14-19-42(38)52)9-7-21-49-44(54)36-17-12-33(13-18-36)28-47-31-48-29-35-15-20-43-39(24-35)26-41(53(43)6-2)10-8-22-50-45(55)37-16-11-32(3)51-30-37/h11-20,23-26,30,46,48H,5-6,21-22,27,29,31H2,1-4H3,(H-,49,50,54,55)/p+1. The van der Waals surface area contributed by atoms with Crippen LogP contribution >= 0.6 is 0 Å². The monoisotopic (exact) mass is 729 g/mol. The van der Waals surface area contributed by atoms with Crippen molar-refractivity contribution >= 4 is 33.6 Å². The van der Waals surface area contributed by atoms with E-state index in [1.54, 1.807) is 24.4 Å². The van der Waals surface area contributed by atoms with Gasteiger partial charge in [-0.25, -0.2) is 5.32 Å². The average molecular weight is 730 g/mol. The Kier molecular flexibility index (Phi) is 12.8. The number of carbonyl (C=O) groups is 2.